The first-order chi connectivity index (χ1) is 6.79. The molecule has 1 atom stereocenters. The maximum absolute atomic E-state index is 11.8. The van der Waals surface area contributed by atoms with Crippen LogP contribution < -0.4 is 5.32 Å². The van der Waals surface area contributed by atoms with Crippen molar-refractivity contribution in [2.45, 2.75) is 24.8 Å². The normalized spacial score (nSPS) is 33.5. The summed E-state index contributed by atoms with van der Waals surface area (Å²) in [6.45, 7) is 1.89. The molecule has 4 nitrogen and oxygen atoms in total. The van der Waals surface area contributed by atoms with Gasteiger partial charge < -0.3 is 9.47 Å². The highest BCUT2D eigenvalue weighted by molar-refractivity contribution is 5.81. The quantitative estimate of drug-likeness (QED) is 0.651. The number of ether oxygens (including phenoxy) is 2. The molecule has 0 aromatic carbocycles. The average molecular weight is 199 g/mol. The SMILES string of the molecule is COC(=O)C1(C2CCC2)COCCN1. The number of carbonyl (C=O) groups is 1. The van der Waals surface area contributed by atoms with E-state index < -0.39 is 5.54 Å². The molecule has 0 aromatic rings. The van der Waals surface area contributed by atoms with Crippen molar-refractivity contribution >= 4 is 5.97 Å². The highest BCUT2D eigenvalue weighted by Crippen LogP contribution is 2.38. The summed E-state index contributed by atoms with van der Waals surface area (Å²) in [5, 5.41) is 3.29. The van der Waals surface area contributed by atoms with Crippen LogP contribution in [-0.2, 0) is 14.3 Å². The summed E-state index contributed by atoms with van der Waals surface area (Å²) < 4.78 is 10.3. The van der Waals surface area contributed by atoms with Crippen LogP contribution in [0.2, 0.25) is 0 Å². The molecule has 2 fully saturated rings. The van der Waals surface area contributed by atoms with Crippen LogP contribution in [-0.4, -0.2) is 38.4 Å². The van der Waals surface area contributed by atoms with E-state index in [-0.39, 0.29) is 5.97 Å². The minimum atomic E-state index is -0.550. The third kappa shape index (κ3) is 1.42. The molecule has 0 amide bonds. The van der Waals surface area contributed by atoms with Crippen LogP contribution in [0.5, 0.6) is 0 Å². The van der Waals surface area contributed by atoms with E-state index in [1.807, 2.05) is 0 Å². The predicted octanol–water partition coefficient (Wildman–Crippen LogP) is 0.318. The van der Waals surface area contributed by atoms with E-state index in [9.17, 15) is 4.79 Å². The Morgan fingerprint density at radius 2 is 2.36 bits per heavy atom. The van der Waals surface area contributed by atoms with Crippen LogP contribution in [0.1, 0.15) is 19.3 Å². The summed E-state index contributed by atoms with van der Waals surface area (Å²) >= 11 is 0. The average Bonchev–Trinajstić information content (AvgIpc) is 2.15. The minimum Gasteiger partial charge on any atom is -0.468 e. The molecule has 1 aliphatic heterocycles. The molecular weight excluding hydrogens is 182 g/mol. The van der Waals surface area contributed by atoms with Crippen LogP contribution in [0.15, 0.2) is 0 Å². The molecule has 0 aromatic heterocycles. The Morgan fingerprint density at radius 3 is 2.79 bits per heavy atom. The molecule has 0 spiro atoms. The molecule has 14 heavy (non-hydrogen) atoms. The monoisotopic (exact) mass is 199 g/mol. The van der Waals surface area contributed by atoms with Crippen molar-refractivity contribution in [3.8, 4) is 0 Å². The molecule has 1 unspecified atom stereocenters. The fraction of sp³-hybridized carbons (Fsp3) is 0.900. The third-order valence-electron chi connectivity index (χ3n) is 3.37. The Labute approximate surface area is 84.0 Å². The molecule has 1 heterocycles. The van der Waals surface area contributed by atoms with Gasteiger partial charge in [0.15, 0.2) is 0 Å². The lowest BCUT2D eigenvalue weighted by Crippen LogP contribution is -2.65. The number of nitrogens with one attached hydrogen (secondary N) is 1. The Balaban J connectivity index is 2.13. The number of rotatable bonds is 2. The summed E-state index contributed by atoms with van der Waals surface area (Å²) in [4.78, 5) is 11.8. The Morgan fingerprint density at radius 1 is 1.57 bits per heavy atom. The first-order valence-corrected chi connectivity index (χ1v) is 5.21. The van der Waals surface area contributed by atoms with Crippen molar-refractivity contribution in [2.75, 3.05) is 26.9 Å². The molecule has 0 radical (unpaired) electrons. The van der Waals surface area contributed by atoms with E-state index in [1.54, 1.807) is 0 Å². The molecule has 4 heteroatoms. The van der Waals surface area contributed by atoms with Crippen molar-refractivity contribution < 1.29 is 14.3 Å². The minimum absolute atomic E-state index is 0.165. The van der Waals surface area contributed by atoms with Gasteiger partial charge in [0.1, 0.15) is 5.54 Å². The van der Waals surface area contributed by atoms with Crippen LogP contribution >= 0.6 is 0 Å². The highest BCUT2D eigenvalue weighted by atomic mass is 16.5. The van der Waals surface area contributed by atoms with Crippen LogP contribution in [0, 0.1) is 5.92 Å². The zero-order valence-electron chi connectivity index (χ0n) is 8.54. The number of hydrogen-bond donors (Lipinski definition) is 1. The van der Waals surface area contributed by atoms with Crippen molar-refractivity contribution in [1.82, 2.24) is 5.32 Å². The fourth-order valence-electron chi connectivity index (χ4n) is 2.27. The van der Waals surface area contributed by atoms with E-state index >= 15 is 0 Å². The second-order valence-corrected chi connectivity index (χ2v) is 4.07. The van der Waals surface area contributed by atoms with E-state index in [0.29, 0.717) is 19.1 Å². The molecule has 1 saturated heterocycles. The van der Waals surface area contributed by atoms with E-state index in [4.69, 9.17) is 9.47 Å². The number of esters is 1. The van der Waals surface area contributed by atoms with Gasteiger partial charge in [0, 0.05) is 6.54 Å². The largest absolute Gasteiger partial charge is 0.468 e. The fourth-order valence-corrected chi connectivity index (χ4v) is 2.27. The van der Waals surface area contributed by atoms with Gasteiger partial charge in [-0.25, -0.2) is 4.79 Å². The smallest absolute Gasteiger partial charge is 0.328 e. The molecule has 1 saturated carbocycles. The lowest BCUT2D eigenvalue weighted by molar-refractivity contribution is -0.160. The summed E-state index contributed by atoms with van der Waals surface area (Å²) in [7, 11) is 1.44. The van der Waals surface area contributed by atoms with Crippen molar-refractivity contribution in [2.24, 2.45) is 5.92 Å². The maximum Gasteiger partial charge on any atom is 0.328 e. The number of carbonyl (C=O) groups excluding carboxylic acids is 1. The Bertz CT molecular complexity index is 219. The van der Waals surface area contributed by atoms with Gasteiger partial charge in [0.05, 0.1) is 20.3 Å². The predicted molar refractivity (Wildman–Crippen MR) is 50.9 cm³/mol. The molecule has 0 bridgehead atoms. The maximum atomic E-state index is 11.8. The molecule has 2 rings (SSSR count). The van der Waals surface area contributed by atoms with Gasteiger partial charge in [-0.05, 0) is 18.8 Å². The van der Waals surface area contributed by atoms with Gasteiger partial charge >= 0.3 is 5.97 Å². The Hall–Kier alpha value is -0.610. The second-order valence-electron chi connectivity index (χ2n) is 4.07. The van der Waals surface area contributed by atoms with E-state index in [1.165, 1.54) is 13.5 Å². The summed E-state index contributed by atoms with van der Waals surface area (Å²) in [6.07, 6.45) is 3.42. The lowest BCUT2D eigenvalue weighted by atomic mass is 9.70. The van der Waals surface area contributed by atoms with Crippen molar-refractivity contribution in [1.29, 1.82) is 0 Å². The second kappa shape index (κ2) is 3.87. The first-order valence-electron chi connectivity index (χ1n) is 5.21. The highest BCUT2D eigenvalue weighted by Gasteiger charge is 2.50. The van der Waals surface area contributed by atoms with Crippen molar-refractivity contribution in [3.05, 3.63) is 0 Å². The number of methoxy groups -OCH3 is 1. The van der Waals surface area contributed by atoms with Gasteiger partial charge in [-0.3, -0.25) is 5.32 Å². The number of hydrogen-bond acceptors (Lipinski definition) is 4. The van der Waals surface area contributed by atoms with E-state index in [0.717, 1.165) is 19.4 Å². The van der Waals surface area contributed by atoms with Gasteiger partial charge in [-0.2, -0.15) is 0 Å². The van der Waals surface area contributed by atoms with Crippen LogP contribution in [0.3, 0.4) is 0 Å². The topological polar surface area (TPSA) is 47.6 Å². The number of morpholine rings is 1. The summed E-state index contributed by atoms with van der Waals surface area (Å²) in [5.41, 5.74) is -0.550. The van der Waals surface area contributed by atoms with Gasteiger partial charge in [0.25, 0.3) is 0 Å². The standard InChI is InChI=1S/C10H17NO3/c1-13-9(12)10(8-3-2-4-8)7-14-6-5-11-10/h8,11H,2-7H2,1H3. The van der Waals surface area contributed by atoms with Crippen LogP contribution in [0.4, 0.5) is 0 Å². The van der Waals surface area contributed by atoms with Crippen LogP contribution in [0.25, 0.3) is 0 Å². The molecule has 1 N–H and O–H groups in total. The molecule has 80 valence electrons. The summed E-state index contributed by atoms with van der Waals surface area (Å²) in [6, 6.07) is 0. The molecular formula is C10H17NO3. The van der Waals surface area contributed by atoms with E-state index in [2.05, 4.69) is 5.32 Å². The van der Waals surface area contributed by atoms with Crippen molar-refractivity contribution in [3.63, 3.8) is 0 Å². The zero-order chi connectivity index (χ0) is 10.0. The lowest BCUT2D eigenvalue weighted by Gasteiger charge is -2.45. The first kappa shape index (κ1) is 9.93. The molecule has 1 aliphatic carbocycles. The van der Waals surface area contributed by atoms with Gasteiger partial charge in [-0.15, -0.1) is 0 Å². The Kier molecular flexibility index (Phi) is 2.74. The summed E-state index contributed by atoms with van der Waals surface area (Å²) in [5.74, 6) is 0.233. The molecule has 2 aliphatic rings. The zero-order valence-corrected chi connectivity index (χ0v) is 8.54. The third-order valence-corrected chi connectivity index (χ3v) is 3.37. The van der Waals surface area contributed by atoms with Gasteiger partial charge in [0.2, 0.25) is 0 Å². The van der Waals surface area contributed by atoms with Gasteiger partial charge in [-0.1, -0.05) is 6.42 Å².